The first-order valence-corrected chi connectivity index (χ1v) is 10.1. The molecule has 0 saturated heterocycles. The predicted molar refractivity (Wildman–Crippen MR) is 113 cm³/mol. The van der Waals surface area contributed by atoms with Crippen molar-refractivity contribution in [2.75, 3.05) is 5.32 Å². The van der Waals surface area contributed by atoms with Crippen molar-refractivity contribution in [2.24, 2.45) is 5.92 Å². The van der Waals surface area contributed by atoms with Gasteiger partial charge in [-0.1, -0.05) is 36.9 Å². The highest BCUT2D eigenvalue weighted by Crippen LogP contribution is 2.24. The Bertz CT molecular complexity index is 751. The average molecular weight is 425 g/mol. The highest BCUT2D eigenvalue weighted by atomic mass is 35.5. The fourth-order valence-electron chi connectivity index (χ4n) is 2.98. The number of thiocarbonyl (C=S) groups is 1. The second kappa shape index (κ2) is 11.0. The van der Waals surface area contributed by atoms with E-state index in [0.29, 0.717) is 10.7 Å². The number of hydrazine groups is 1. The topological polar surface area (TPSA) is 99.3 Å². The molecule has 9 heteroatoms. The zero-order valence-electron chi connectivity index (χ0n) is 15.8. The highest BCUT2D eigenvalue weighted by Gasteiger charge is 2.21. The van der Waals surface area contributed by atoms with Gasteiger partial charge in [-0.2, -0.15) is 0 Å². The van der Waals surface area contributed by atoms with Gasteiger partial charge in [0.15, 0.2) is 5.11 Å². The summed E-state index contributed by atoms with van der Waals surface area (Å²) >= 11 is 11.0. The largest absolute Gasteiger partial charge is 0.326 e. The second-order valence-electron chi connectivity index (χ2n) is 6.79. The predicted octanol–water partition coefficient (Wildman–Crippen LogP) is 2.97. The number of hydrogen-bond donors (Lipinski definition) is 4. The second-order valence-corrected chi connectivity index (χ2v) is 7.60. The molecular weight excluding hydrogens is 400 g/mol. The molecule has 0 aliphatic heterocycles. The number of carbonyl (C=O) groups excluding carboxylic acids is 3. The van der Waals surface area contributed by atoms with Gasteiger partial charge in [-0.25, -0.2) is 0 Å². The summed E-state index contributed by atoms with van der Waals surface area (Å²) in [5.74, 6) is -0.855. The molecule has 28 heavy (non-hydrogen) atoms. The third-order valence-corrected chi connectivity index (χ3v) is 5.26. The molecule has 0 bridgehead atoms. The lowest BCUT2D eigenvalue weighted by Crippen LogP contribution is -2.49. The van der Waals surface area contributed by atoms with Gasteiger partial charge in [-0.3, -0.25) is 25.2 Å². The molecule has 7 nitrogen and oxygen atoms in total. The summed E-state index contributed by atoms with van der Waals surface area (Å²) in [5.41, 5.74) is 6.26. The van der Waals surface area contributed by atoms with Crippen LogP contribution in [-0.4, -0.2) is 22.8 Å². The van der Waals surface area contributed by atoms with E-state index in [1.54, 1.807) is 25.1 Å². The van der Waals surface area contributed by atoms with Gasteiger partial charge in [0.1, 0.15) is 0 Å². The van der Waals surface area contributed by atoms with E-state index in [1.807, 2.05) is 0 Å². The Morgan fingerprint density at radius 3 is 2.46 bits per heavy atom. The Balaban J connectivity index is 1.66. The van der Waals surface area contributed by atoms with Crippen LogP contribution in [0.15, 0.2) is 18.2 Å². The van der Waals surface area contributed by atoms with Crippen LogP contribution >= 0.6 is 23.8 Å². The van der Waals surface area contributed by atoms with Gasteiger partial charge in [-0.05, 0) is 49.7 Å². The molecule has 0 aromatic heterocycles. The third kappa shape index (κ3) is 7.09. The number of nitrogens with one attached hydrogen (secondary N) is 4. The fraction of sp³-hybridized carbons (Fsp3) is 0.474. The van der Waals surface area contributed by atoms with Gasteiger partial charge in [0, 0.05) is 29.5 Å². The molecule has 1 aliphatic rings. The zero-order valence-corrected chi connectivity index (χ0v) is 17.3. The summed E-state index contributed by atoms with van der Waals surface area (Å²) in [5, 5.41) is 5.92. The fourth-order valence-corrected chi connectivity index (χ4v) is 3.31. The first-order valence-electron chi connectivity index (χ1n) is 9.31. The monoisotopic (exact) mass is 424 g/mol. The first kappa shape index (κ1) is 22.1. The van der Waals surface area contributed by atoms with E-state index >= 15 is 0 Å². The molecule has 1 aromatic carbocycles. The van der Waals surface area contributed by atoms with Crippen LogP contribution in [0.1, 0.15) is 50.5 Å². The van der Waals surface area contributed by atoms with Crippen LogP contribution in [0.2, 0.25) is 5.02 Å². The smallest absolute Gasteiger partial charge is 0.238 e. The van der Waals surface area contributed by atoms with Crippen molar-refractivity contribution in [3.63, 3.8) is 0 Å². The van der Waals surface area contributed by atoms with Crippen molar-refractivity contribution >= 4 is 52.3 Å². The molecule has 1 aliphatic carbocycles. The molecule has 4 N–H and O–H groups in total. The Kier molecular flexibility index (Phi) is 8.66. The molecule has 1 fully saturated rings. The van der Waals surface area contributed by atoms with E-state index in [1.165, 1.54) is 0 Å². The summed E-state index contributed by atoms with van der Waals surface area (Å²) in [7, 11) is 0. The van der Waals surface area contributed by atoms with E-state index in [9.17, 15) is 14.4 Å². The van der Waals surface area contributed by atoms with Gasteiger partial charge >= 0.3 is 0 Å². The molecule has 0 unspecified atom stereocenters. The Labute approximate surface area is 174 Å². The van der Waals surface area contributed by atoms with Gasteiger partial charge in [0.25, 0.3) is 0 Å². The molecule has 0 radical (unpaired) electrons. The van der Waals surface area contributed by atoms with Crippen molar-refractivity contribution in [2.45, 2.75) is 51.9 Å². The van der Waals surface area contributed by atoms with Crippen LogP contribution in [0.25, 0.3) is 0 Å². The highest BCUT2D eigenvalue weighted by molar-refractivity contribution is 7.80. The van der Waals surface area contributed by atoms with Crippen molar-refractivity contribution in [1.29, 1.82) is 0 Å². The number of halogens is 1. The molecular formula is C19H25ClN4O3S. The number of benzene rings is 1. The third-order valence-electron chi connectivity index (χ3n) is 4.65. The van der Waals surface area contributed by atoms with Crippen LogP contribution in [0.5, 0.6) is 0 Å². The lowest BCUT2D eigenvalue weighted by Gasteiger charge is -2.21. The molecule has 0 atom stereocenters. The molecule has 2 rings (SSSR count). The Hall–Kier alpha value is -2.19. The Morgan fingerprint density at radius 2 is 1.75 bits per heavy atom. The quantitative estimate of drug-likeness (QED) is 0.430. The minimum absolute atomic E-state index is 0.000657. The molecule has 0 spiro atoms. The maximum absolute atomic E-state index is 12.1. The number of rotatable bonds is 5. The van der Waals surface area contributed by atoms with Gasteiger partial charge in [0.05, 0.1) is 0 Å². The number of amides is 3. The minimum Gasteiger partial charge on any atom is -0.326 e. The van der Waals surface area contributed by atoms with Crippen molar-refractivity contribution in [3.8, 4) is 0 Å². The summed E-state index contributed by atoms with van der Waals surface area (Å²) < 4.78 is 0. The van der Waals surface area contributed by atoms with E-state index in [-0.39, 0.29) is 35.7 Å². The number of hydrogen-bond acceptors (Lipinski definition) is 4. The normalized spacial score (nSPS) is 14.1. The van der Waals surface area contributed by atoms with Crippen LogP contribution < -0.4 is 21.5 Å². The first-order chi connectivity index (χ1) is 13.4. The van der Waals surface area contributed by atoms with E-state index in [2.05, 4.69) is 21.5 Å². The molecule has 1 saturated carbocycles. The summed E-state index contributed by atoms with van der Waals surface area (Å²) in [6, 6.07) is 5.22. The maximum atomic E-state index is 12.1. The molecule has 3 amide bonds. The van der Waals surface area contributed by atoms with Crippen molar-refractivity contribution < 1.29 is 14.4 Å². The van der Waals surface area contributed by atoms with Gasteiger partial charge < -0.3 is 10.6 Å². The van der Waals surface area contributed by atoms with E-state index in [0.717, 1.165) is 37.7 Å². The van der Waals surface area contributed by atoms with Gasteiger partial charge in [-0.15, -0.1) is 0 Å². The standard InChI is InChI=1S/C19H25ClN4O3S/c1-12-14(20)8-5-9-15(12)21-16(25)10-11-17(26)23-24-19(28)22-18(27)13-6-3-2-4-7-13/h5,8-9,13H,2-4,6-7,10-11H2,1H3,(H,21,25)(H,23,26)(H2,22,24,27,28). The summed E-state index contributed by atoms with van der Waals surface area (Å²) in [4.78, 5) is 35.9. The van der Waals surface area contributed by atoms with Crippen LogP contribution in [0, 0.1) is 12.8 Å². The van der Waals surface area contributed by atoms with Crippen molar-refractivity contribution in [1.82, 2.24) is 16.2 Å². The number of carbonyl (C=O) groups is 3. The lowest BCUT2D eigenvalue weighted by molar-refractivity contribution is -0.125. The zero-order chi connectivity index (χ0) is 20.5. The maximum Gasteiger partial charge on any atom is 0.238 e. The molecule has 152 valence electrons. The van der Waals surface area contributed by atoms with E-state index in [4.69, 9.17) is 23.8 Å². The Morgan fingerprint density at radius 1 is 1.07 bits per heavy atom. The minimum atomic E-state index is -0.410. The van der Waals surface area contributed by atoms with Crippen LogP contribution in [-0.2, 0) is 14.4 Å². The van der Waals surface area contributed by atoms with Crippen LogP contribution in [0.3, 0.4) is 0 Å². The van der Waals surface area contributed by atoms with Crippen LogP contribution in [0.4, 0.5) is 5.69 Å². The van der Waals surface area contributed by atoms with Crippen molar-refractivity contribution in [3.05, 3.63) is 28.8 Å². The number of anilines is 1. The lowest BCUT2D eigenvalue weighted by atomic mass is 9.89. The summed E-state index contributed by atoms with van der Waals surface area (Å²) in [6.07, 6.45) is 4.95. The van der Waals surface area contributed by atoms with Gasteiger partial charge in [0.2, 0.25) is 17.7 Å². The van der Waals surface area contributed by atoms with E-state index < -0.39 is 5.91 Å². The summed E-state index contributed by atoms with van der Waals surface area (Å²) in [6.45, 7) is 1.80. The molecule has 1 aromatic rings. The average Bonchev–Trinajstić information content (AvgIpc) is 2.69. The molecule has 0 heterocycles. The SMILES string of the molecule is Cc1c(Cl)cccc1NC(=O)CCC(=O)NNC(=S)NC(=O)C1CCCCC1.